The Hall–Kier alpha value is -1.09. The summed E-state index contributed by atoms with van der Waals surface area (Å²) in [5.74, 6) is 0.361. The van der Waals surface area contributed by atoms with E-state index in [0.717, 1.165) is 6.54 Å². The molecule has 0 bridgehead atoms. The smallest absolute Gasteiger partial charge is 0.129 e. The first-order valence-corrected chi connectivity index (χ1v) is 5.27. The van der Waals surface area contributed by atoms with E-state index in [2.05, 4.69) is 5.32 Å². The minimum Gasteiger partial charge on any atom is -0.492 e. The number of halogens is 1. The van der Waals surface area contributed by atoms with E-state index in [9.17, 15) is 4.39 Å². The highest BCUT2D eigenvalue weighted by atomic mass is 19.1. The van der Waals surface area contributed by atoms with Crippen LogP contribution in [-0.4, -0.2) is 20.2 Å². The normalized spacial score (nSPS) is 9.13. The standard InChI is InChI=1S/C10H14FNO.C2H6/c1-8-3-4-9(7-10(8)11)13-6-5-12-2;1-2/h3-4,7,12H,5-6H2,1-2H3;1-2H3. The zero-order chi connectivity index (χ0) is 11.7. The number of aryl methyl sites for hydroxylation is 1. The Labute approximate surface area is 91.5 Å². The lowest BCUT2D eigenvalue weighted by Crippen LogP contribution is -2.15. The van der Waals surface area contributed by atoms with Crippen LogP contribution in [0.3, 0.4) is 0 Å². The van der Waals surface area contributed by atoms with Crippen LogP contribution in [-0.2, 0) is 0 Å². The van der Waals surface area contributed by atoms with Gasteiger partial charge >= 0.3 is 0 Å². The number of benzene rings is 1. The summed E-state index contributed by atoms with van der Waals surface area (Å²) < 4.78 is 18.3. The molecule has 0 radical (unpaired) electrons. The second kappa shape index (κ2) is 8.24. The second-order valence-corrected chi connectivity index (χ2v) is 2.86. The lowest BCUT2D eigenvalue weighted by molar-refractivity contribution is 0.316. The van der Waals surface area contributed by atoms with Crippen molar-refractivity contribution in [2.24, 2.45) is 0 Å². The van der Waals surface area contributed by atoms with E-state index in [1.54, 1.807) is 19.1 Å². The van der Waals surface area contributed by atoms with Gasteiger partial charge in [-0.05, 0) is 25.6 Å². The zero-order valence-electron chi connectivity index (χ0n) is 9.93. The summed E-state index contributed by atoms with van der Waals surface area (Å²) >= 11 is 0. The Morgan fingerprint density at radius 2 is 2.00 bits per heavy atom. The van der Waals surface area contributed by atoms with Gasteiger partial charge in [0.05, 0.1) is 0 Å². The Morgan fingerprint density at radius 1 is 1.33 bits per heavy atom. The predicted octanol–water partition coefficient (Wildman–Crippen LogP) is 2.76. The maximum absolute atomic E-state index is 13.0. The number of ether oxygens (including phenoxy) is 1. The second-order valence-electron chi connectivity index (χ2n) is 2.86. The van der Waals surface area contributed by atoms with Crippen LogP contribution in [0.5, 0.6) is 5.75 Å². The summed E-state index contributed by atoms with van der Waals surface area (Å²) in [5.41, 5.74) is 0.640. The lowest BCUT2D eigenvalue weighted by atomic mass is 10.2. The molecule has 0 aliphatic heterocycles. The summed E-state index contributed by atoms with van der Waals surface area (Å²) in [5, 5.41) is 2.95. The van der Waals surface area contributed by atoms with Gasteiger partial charge < -0.3 is 10.1 Å². The fourth-order valence-electron chi connectivity index (χ4n) is 0.934. The van der Waals surface area contributed by atoms with E-state index in [-0.39, 0.29) is 5.82 Å². The SMILES string of the molecule is CC.CNCCOc1ccc(C)c(F)c1. The first kappa shape index (κ1) is 13.9. The third kappa shape index (κ3) is 5.37. The van der Waals surface area contributed by atoms with Crippen molar-refractivity contribution in [3.8, 4) is 5.75 Å². The van der Waals surface area contributed by atoms with Crippen LogP contribution in [0.1, 0.15) is 19.4 Å². The number of nitrogens with one attached hydrogen (secondary N) is 1. The minimum absolute atomic E-state index is 0.220. The van der Waals surface area contributed by atoms with Gasteiger partial charge in [-0.25, -0.2) is 4.39 Å². The molecule has 0 unspecified atom stereocenters. The fraction of sp³-hybridized carbons (Fsp3) is 0.500. The van der Waals surface area contributed by atoms with Crippen molar-refractivity contribution in [1.82, 2.24) is 5.32 Å². The average Bonchev–Trinajstić information content (AvgIpc) is 2.27. The maximum Gasteiger partial charge on any atom is 0.129 e. The van der Waals surface area contributed by atoms with Crippen molar-refractivity contribution in [2.75, 3.05) is 20.2 Å². The van der Waals surface area contributed by atoms with Crippen molar-refractivity contribution >= 4 is 0 Å². The molecule has 1 N–H and O–H groups in total. The van der Waals surface area contributed by atoms with Crippen molar-refractivity contribution in [3.05, 3.63) is 29.6 Å². The van der Waals surface area contributed by atoms with E-state index in [1.807, 2.05) is 20.9 Å². The highest BCUT2D eigenvalue weighted by Crippen LogP contribution is 2.15. The molecule has 1 aromatic rings. The number of hydrogen-bond donors (Lipinski definition) is 1. The lowest BCUT2D eigenvalue weighted by Gasteiger charge is -2.06. The van der Waals surface area contributed by atoms with Crippen LogP contribution >= 0.6 is 0 Å². The maximum atomic E-state index is 13.0. The van der Waals surface area contributed by atoms with Gasteiger partial charge in [0, 0.05) is 12.6 Å². The molecule has 1 aromatic carbocycles. The summed E-state index contributed by atoms with van der Waals surface area (Å²) in [6.45, 7) is 7.04. The molecule has 0 aromatic heterocycles. The van der Waals surface area contributed by atoms with Crippen molar-refractivity contribution in [1.29, 1.82) is 0 Å². The molecule has 1 rings (SSSR count). The first-order valence-electron chi connectivity index (χ1n) is 5.27. The molecule has 0 saturated carbocycles. The van der Waals surface area contributed by atoms with Crippen LogP contribution in [0, 0.1) is 12.7 Å². The largest absolute Gasteiger partial charge is 0.492 e. The summed E-state index contributed by atoms with van der Waals surface area (Å²) in [7, 11) is 1.85. The van der Waals surface area contributed by atoms with Crippen molar-refractivity contribution in [2.45, 2.75) is 20.8 Å². The van der Waals surface area contributed by atoms with Crippen LogP contribution in [0.2, 0.25) is 0 Å². The highest BCUT2D eigenvalue weighted by Gasteiger charge is 1.99. The molecular weight excluding hydrogens is 193 g/mol. The van der Waals surface area contributed by atoms with Crippen molar-refractivity contribution < 1.29 is 9.13 Å². The van der Waals surface area contributed by atoms with Gasteiger partial charge in [0.25, 0.3) is 0 Å². The van der Waals surface area contributed by atoms with Crippen LogP contribution in [0.4, 0.5) is 4.39 Å². The van der Waals surface area contributed by atoms with Crippen LogP contribution in [0.15, 0.2) is 18.2 Å². The van der Waals surface area contributed by atoms with E-state index in [0.29, 0.717) is 17.9 Å². The van der Waals surface area contributed by atoms with Crippen LogP contribution in [0.25, 0.3) is 0 Å². The molecule has 0 amide bonds. The summed E-state index contributed by atoms with van der Waals surface area (Å²) in [6.07, 6.45) is 0. The average molecular weight is 213 g/mol. The molecule has 0 aliphatic rings. The van der Waals surface area contributed by atoms with E-state index in [1.165, 1.54) is 6.07 Å². The van der Waals surface area contributed by atoms with Gasteiger partial charge in [0.2, 0.25) is 0 Å². The first-order chi connectivity index (χ1) is 7.24. The van der Waals surface area contributed by atoms with Crippen LogP contribution < -0.4 is 10.1 Å². The number of likely N-dealkylation sites (N-methyl/N-ethyl adjacent to an activating group) is 1. The third-order valence-electron chi connectivity index (χ3n) is 1.76. The Balaban J connectivity index is 0.000000921. The predicted molar refractivity (Wildman–Crippen MR) is 61.9 cm³/mol. The summed E-state index contributed by atoms with van der Waals surface area (Å²) in [4.78, 5) is 0. The molecule has 0 atom stereocenters. The topological polar surface area (TPSA) is 21.3 Å². The molecule has 0 fully saturated rings. The molecule has 86 valence electrons. The Morgan fingerprint density at radius 3 is 2.53 bits per heavy atom. The molecule has 0 saturated heterocycles. The zero-order valence-corrected chi connectivity index (χ0v) is 9.93. The molecule has 3 heteroatoms. The number of rotatable bonds is 4. The molecule has 0 spiro atoms. The third-order valence-corrected chi connectivity index (χ3v) is 1.76. The van der Waals surface area contributed by atoms with Crippen molar-refractivity contribution in [3.63, 3.8) is 0 Å². The minimum atomic E-state index is -0.220. The van der Waals surface area contributed by atoms with Gasteiger partial charge in [0.1, 0.15) is 18.2 Å². The Bertz CT molecular complexity index is 276. The van der Waals surface area contributed by atoms with Gasteiger partial charge in [0.15, 0.2) is 0 Å². The molecule has 2 nitrogen and oxygen atoms in total. The summed E-state index contributed by atoms with van der Waals surface area (Å²) in [6, 6.07) is 4.89. The fourth-order valence-corrected chi connectivity index (χ4v) is 0.934. The molecule has 0 aliphatic carbocycles. The quantitative estimate of drug-likeness (QED) is 0.776. The van der Waals surface area contributed by atoms with E-state index < -0.39 is 0 Å². The van der Waals surface area contributed by atoms with Gasteiger partial charge in [-0.2, -0.15) is 0 Å². The molecule has 0 heterocycles. The monoisotopic (exact) mass is 213 g/mol. The van der Waals surface area contributed by atoms with Gasteiger partial charge in [-0.15, -0.1) is 0 Å². The highest BCUT2D eigenvalue weighted by molar-refractivity contribution is 5.27. The van der Waals surface area contributed by atoms with E-state index in [4.69, 9.17) is 4.74 Å². The molecule has 15 heavy (non-hydrogen) atoms. The van der Waals surface area contributed by atoms with E-state index >= 15 is 0 Å². The molecular formula is C12H20FNO. The van der Waals surface area contributed by atoms with Gasteiger partial charge in [-0.3, -0.25) is 0 Å². The number of hydrogen-bond acceptors (Lipinski definition) is 2. The Kier molecular flexibility index (Phi) is 7.64. The van der Waals surface area contributed by atoms with Gasteiger partial charge in [-0.1, -0.05) is 19.9 Å².